The Hall–Kier alpha value is -2.19. The Morgan fingerprint density at radius 2 is 1.82 bits per heavy atom. The van der Waals surface area contributed by atoms with E-state index in [1.54, 1.807) is 31.4 Å². The van der Waals surface area contributed by atoms with Crippen LogP contribution in [0.3, 0.4) is 0 Å². The molecule has 0 atom stereocenters. The second kappa shape index (κ2) is 7.71. The van der Waals surface area contributed by atoms with E-state index in [1.165, 1.54) is 0 Å². The van der Waals surface area contributed by atoms with E-state index in [0.717, 1.165) is 19.3 Å². The molecular weight excluding hydrogens is 284 g/mol. The normalized spacial score (nSPS) is 16.1. The second-order valence-corrected chi connectivity index (χ2v) is 5.21. The zero-order valence-electron chi connectivity index (χ0n) is 12.6. The number of hydrogen-bond donors (Lipinski definition) is 1. The van der Waals surface area contributed by atoms with Gasteiger partial charge < -0.3 is 19.3 Å². The first kappa shape index (κ1) is 16.2. The van der Waals surface area contributed by atoms with Gasteiger partial charge in [0.15, 0.2) is 6.61 Å². The fraction of sp³-hybridized carbons (Fsp3) is 0.471. The molecule has 0 amide bonds. The van der Waals surface area contributed by atoms with E-state index < -0.39 is 11.8 Å². The lowest BCUT2D eigenvalue weighted by molar-refractivity contribution is 0.0604. The summed E-state index contributed by atoms with van der Waals surface area (Å²) < 4.78 is 14.9. The molecule has 1 N–H and O–H groups in total. The summed E-state index contributed by atoms with van der Waals surface area (Å²) in [6.45, 7) is -0.0999. The smallest absolute Gasteiger partial charge is 0.497 e. The molecule has 0 spiro atoms. The van der Waals surface area contributed by atoms with Gasteiger partial charge in [-0.2, -0.15) is 0 Å². The molecule has 0 saturated heterocycles. The van der Waals surface area contributed by atoms with Crippen LogP contribution < -0.4 is 9.47 Å². The van der Waals surface area contributed by atoms with E-state index >= 15 is 0 Å². The van der Waals surface area contributed by atoms with Crippen LogP contribution in [0.5, 0.6) is 11.5 Å². The van der Waals surface area contributed by atoms with E-state index in [2.05, 4.69) is 11.8 Å². The fourth-order valence-electron chi connectivity index (χ4n) is 2.33. The van der Waals surface area contributed by atoms with Crippen molar-refractivity contribution < 1.29 is 24.1 Å². The monoisotopic (exact) mass is 304 g/mol. The van der Waals surface area contributed by atoms with E-state index in [0.29, 0.717) is 24.3 Å². The highest BCUT2D eigenvalue weighted by Gasteiger charge is 2.26. The number of rotatable bonds is 3. The largest absolute Gasteiger partial charge is 0.514 e. The number of benzene rings is 1. The minimum atomic E-state index is -0.929. The van der Waals surface area contributed by atoms with Crippen LogP contribution in [0.15, 0.2) is 24.3 Å². The van der Waals surface area contributed by atoms with Crippen LogP contribution in [0, 0.1) is 11.8 Å². The number of carbonyl (C=O) groups is 1. The van der Waals surface area contributed by atoms with Crippen LogP contribution in [-0.2, 0) is 4.74 Å². The Morgan fingerprint density at radius 3 is 2.45 bits per heavy atom. The Kier molecular flexibility index (Phi) is 5.68. The number of methoxy groups -OCH3 is 1. The van der Waals surface area contributed by atoms with Crippen LogP contribution in [0.2, 0.25) is 0 Å². The molecular formula is C17H20O5. The molecule has 0 aromatic heterocycles. The lowest BCUT2D eigenvalue weighted by Gasteiger charge is -2.26. The number of ether oxygens (including phenoxy) is 3. The van der Waals surface area contributed by atoms with Gasteiger partial charge in [0, 0.05) is 0 Å². The molecule has 2 rings (SSSR count). The molecule has 1 aliphatic rings. The molecule has 5 nitrogen and oxygen atoms in total. The molecule has 22 heavy (non-hydrogen) atoms. The predicted molar refractivity (Wildman–Crippen MR) is 80.8 cm³/mol. The highest BCUT2D eigenvalue weighted by atomic mass is 16.7. The minimum absolute atomic E-state index is 0.0999. The van der Waals surface area contributed by atoms with E-state index in [4.69, 9.17) is 14.2 Å². The van der Waals surface area contributed by atoms with Crippen molar-refractivity contribution in [2.75, 3.05) is 13.7 Å². The Morgan fingerprint density at radius 1 is 1.18 bits per heavy atom. The maximum Gasteiger partial charge on any atom is 0.514 e. The van der Waals surface area contributed by atoms with Gasteiger partial charge in [0.1, 0.15) is 17.1 Å². The van der Waals surface area contributed by atoms with Crippen molar-refractivity contribution in [2.24, 2.45) is 0 Å². The maximum absolute atomic E-state index is 11.5. The van der Waals surface area contributed by atoms with Gasteiger partial charge in [-0.25, -0.2) is 4.79 Å². The lowest BCUT2D eigenvalue weighted by Crippen LogP contribution is -2.29. The van der Waals surface area contributed by atoms with E-state index in [1.807, 2.05) is 0 Å². The van der Waals surface area contributed by atoms with Gasteiger partial charge in [-0.3, -0.25) is 0 Å². The summed E-state index contributed by atoms with van der Waals surface area (Å²) in [5.74, 6) is 6.51. The summed E-state index contributed by atoms with van der Waals surface area (Å²) in [5.41, 5.74) is -0.929. The van der Waals surface area contributed by atoms with Crippen molar-refractivity contribution in [3.05, 3.63) is 24.3 Å². The number of aliphatic hydroxyl groups is 1. The molecule has 1 aromatic carbocycles. The molecule has 118 valence electrons. The first-order chi connectivity index (χ1) is 10.6. The van der Waals surface area contributed by atoms with Crippen LogP contribution >= 0.6 is 0 Å². The molecule has 5 heteroatoms. The van der Waals surface area contributed by atoms with Crippen LogP contribution in [0.25, 0.3) is 0 Å². The van der Waals surface area contributed by atoms with Crippen molar-refractivity contribution in [2.45, 2.75) is 37.7 Å². The van der Waals surface area contributed by atoms with Crippen molar-refractivity contribution in [1.82, 2.24) is 0 Å². The second-order valence-electron chi connectivity index (χ2n) is 5.21. The zero-order chi connectivity index (χ0) is 15.8. The summed E-state index contributed by atoms with van der Waals surface area (Å²) in [6, 6.07) is 6.58. The van der Waals surface area contributed by atoms with Crippen molar-refractivity contribution in [1.29, 1.82) is 0 Å². The minimum Gasteiger partial charge on any atom is -0.497 e. The zero-order valence-corrected chi connectivity index (χ0v) is 12.6. The standard InChI is InChI=1S/C17H20O5/c1-20-14-6-8-15(9-7-14)22-16(18)21-13-5-12-17(19)10-3-2-4-11-17/h6-9,19H,2-4,10-11,13H2,1H3. The summed E-state index contributed by atoms with van der Waals surface area (Å²) in [5, 5.41) is 10.2. The summed E-state index contributed by atoms with van der Waals surface area (Å²) >= 11 is 0. The number of hydrogen-bond acceptors (Lipinski definition) is 5. The molecule has 1 aliphatic carbocycles. The molecule has 0 unspecified atom stereocenters. The molecule has 0 radical (unpaired) electrons. The van der Waals surface area contributed by atoms with Crippen molar-refractivity contribution >= 4 is 6.16 Å². The molecule has 0 bridgehead atoms. The van der Waals surface area contributed by atoms with Crippen molar-refractivity contribution in [3.8, 4) is 23.3 Å². The molecule has 0 aliphatic heterocycles. The predicted octanol–water partition coefficient (Wildman–Crippen LogP) is 2.91. The van der Waals surface area contributed by atoms with E-state index in [-0.39, 0.29) is 6.61 Å². The molecule has 1 saturated carbocycles. The Bertz CT molecular complexity index is 547. The van der Waals surface area contributed by atoms with Gasteiger partial charge >= 0.3 is 6.16 Å². The van der Waals surface area contributed by atoms with Gasteiger partial charge in [-0.05, 0) is 49.9 Å². The first-order valence-corrected chi connectivity index (χ1v) is 7.32. The van der Waals surface area contributed by atoms with Crippen molar-refractivity contribution in [3.63, 3.8) is 0 Å². The van der Waals surface area contributed by atoms with Crippen LogP contribution in [0.4, 0.5) is 4.79 Å². The third-order valence-electron chi connectivity index (χ3n) is 3.52. The molecule has 1 fully saturated rings. The van der Waals surface area contributed by atoms with Crippen LogP contribution in [-0.4, -0.2) is 30.6 Å². The van der Waals surface area contributed by atoms with E-state index in [9.17, 15) is 9.90 Å². The summed E-state index contributed by atoms with van der Waals surface area (Å²) in [6.07, 6.45) is 3.62. The topological polar surface area (TPSA) is 65.0 Å². The average molecular weight is 304 g/mol. The molecule has 0 heterocycles. The lowest BCUT2D eigenvalue weighted by atomic mass is 9.85. The first-order valence-electron chi connectivity index (χ1n) is 7.32. The van der Waals surface area contributed by atoms with Gasteiger partial charge in [0.2, 0.25) is 0 Å². The van der Waals surface area contributed by atoms with Gasteiger partial charge in [-0.1, -0.05) is 18.3 Å². The Balaban J connectivity index is 1.75. The SMILES string of the molecule is COc1ccc(OC(=O)OCC#CC2(O)CCCCC2)cc1. The van der Waals surface area contributed by atoms with Crippen LogP contribution in [0.1, 0.15) is 32.1 Å². The quantitative estimate of drug-likeness (QED) is 0.528. The molecule has 1 aromatic rings. The fourth-order valence-corrected chi connectivity index (χ4v) is 2.33. The number of carbonyl (C=O) groups excluding carboxylic acids is 1. The highest BCUT2D eigenvalue weighted by Crippen LogP contribution is 2.27. The Labute approximate surface area is 130 Å². The third kappa shape index (κ3) is 4.97. The highest BCUT2D eigenvalue weighted by molar-refractivity contribution is 5.64. The summed E-state index contributed by atoms with van der Waals surface area (Å²) in [4.78, 5) is 11.5. The summed E-state index contributed by atoms with van der Waals surface area (Å²) in [7, 11) is 1.56. The maximum atomic E-state index is 11.5. The van der Waals surface area contributed by atoms with Gasteiger partial charge in [0.25, 0.3) is 0 Å². The van der Waals surface area contributed by atoms with Gasteiger partial charge in [-0.15, -0.1) is 0 Å². The average Bonchev–Trinajstić information content (AvgIpc) is 2.53. The third-order valence-corrected chi connectivity index (χ3v) is 3.52. The van der Waals surface area contributed by atoms with Gasteiger partial charge in [0.05, 0.1) is 7.11 Å².